The molecule has 2 aromatic carbocycles. The molecule has 0 aliphatic carbocycles. The summed E-state index contributed by atoms with van der Waals surface area (Å²) < 4.78 is 32.4. The number of nitrogens with one attached hydrogen (secondary N) is 1. The van der Waals surface area contributed by atoms with Crippen LogP contribution in [0.1, 0.15) is 36.8 Å². The fourth-order valence-corrected chi connectivity index (χ4v) is 6.01. The quantitative estimate of drug-likeness (QED) is 0.620. The zero-order valence-corrected chi connectivity index (χ0v) is 20.2. The molecule has 2 fully saturated rings. The molecule has 0 radical (unpaired) electrons. The van der Waals surface area contributed by atoms with Gasteiger partial charge in [0.25, 0.3) is 0 Å². The summed E-state index contributed by atoms with van der Waals surface area (Å²) >= 11 is 0. The Kier molecular flexibility index (Phi) is 7.53. The molecule has 0 unspecified atom stereocenters. The lowest BCUT2D eigenvalue weighted by molar-refractivity contribution is -0.128. The van der Waals surface area contributed by atoms with Crippen LogP contribution in [-0.2, 0) is 32.7 Å². The minimum atomic E-state index is -3.60. The first kappa shape index (κ1) is 24.2. The highest BCUT2D eigenvalue weighted by Crippen LogP contribution is 2.25. The number of piperidine rings is 1. The van der Waals surface area contributed by atoms with Crippen LogP contribution in [0.3, 0.4) is 0 Å². The van der Waals surface area contributed by atoms with Crippen molar-refractivity contribution in [2.24, 2.45) is 5.92 Å². The van der Waals surface area contributed by atoms with Gasteiger partial charge >= 0.3 is 0 Å². The van der Waals surface area contributed by atoms with Gasteiger partial charge in [0, 0.05) is 45.1 Å². The van der Waals surface area contributed by atoms with Gasteiger partial charge in [-0.3, -0.25) is 9.59 Å². The highest BCUT2D eigenvalue weighted by Gasteiger charge is 2.32. The molecule has 0 atom stereocenters. The third-order valence-corrected chi connectivity index (χ3v) is 8.54. The number of methoxy groups -OCH3 is 1. The maximum atomic E-state index is 12.9. The Balaban J connectivity index is 1.31. The Hall–Kier alpha value is -2.91. The van der Waals surface area contributed by atoms with Crippen LogP contribution in [0.4, 0.5) is 0 Å². The number of sulfonamides is 1. The fraction of sp³-hybridized carbons (Fsp3) is 0.440. The molecule has 8 nitrogen and oxygen atoms in total. The van der Waals surface area contributed by atoms with Crippen LogP contribution in [0.2, 0.25) is 0 Å². The van der Waals surface area contributed by atoms with Gasteiger partial charge in [-0.25, -0.2) is 8.42 Å². The van der Waals surface area contributed by atoms with Crippen LogP contribution in [0.15, 0.2) is 53.4 Å². The summed E-state index contributed by atoms with van der Waals surface area (Å²) in [6.45, 7) is 2.34. The molecule has 2 amide bonds. The number of nitrogens with zero attached hydrogens (tertiary/aromatic N) is 2. The number of benzene rings is 2. The third-order valence-electron chi connectivity index (χ3n) is 6.63. The number of amides is 2. The van der Waals surface area contributed by atoms with Gasteiger partial charge in [0.05, 0.1) is 12.0 Å². The van der Waals surface area contributed by atoms with Gasteiger partial charge in [0.15, 0.2) is 0 Å². The van der Waals surface area contributed by atoms with Crippen molar-refractivity contribution in [3.63, 3.8) is 0 Å². The normalized spacial score (nSPS) is 17.7. The van der Waals surface area contributed by atoms with Gasteiger partial charge in [-0.2, -0.15) is 4.31 Å². The van der Waals surface area contributed by atoms with Gasteiger partial charge in [0.1, 0.15) is 5.75 Å². The molecule has 4 rings (SSSR count). The third kappa shape index (κ3) is 5.42. The van der Waals surface area contributed by atoms with Crippen LogP contribution in [0.5, 0.6) is 5.75 Å². The standard InChI is InChI=1S/C25H31N3O5S/c1-33-22-8-10-23(11-9-22)34(31,32)28-15-12-19(13-16-28)25(30)26-17-20-5-2-3-6-21(20)18-27-14-4-7-24(27)29/h2-3,5-6,8-11,19H,4,7,12-18H2,1H3,(H,26,30). The molecule has 0 aromatic heterocycles. The van der Waals surface area contributed by atoms with Gasteiger partial charge in [-0.05, 0) is 54.7 Å². The van der Waals surface area contributed by atoms with Crippen molar-refractivity contribution in [3.05, 3.63) is 59.7 Å². The first-order valence-electron chi connectivity index (χ1n) is 11.6. The molecule has 2 saturated heterocycles. The zero-order chi connectivity index (χ0) is 24.1. The van der Waals surface area contributed by atoms with Crippen molar-refractivity contribution >= 4 is 21.8 Å². The molecule has 2 aromatic rings. The smallest absolute Gasteiger partial charge is 0.243 e. The average molecular weight is 486 g/mol. The van der Waals surface area contributed by atoms with E-state index in [4.69, 9.17) is 4.74 Å². The molecule has 9 heteroatoms. The van der Waals surface area contributed by atoms with Gasteiger partial charge in [-0.1, -0.05) is 24.3 Å². The van der Waals surface area contributed by atoms with E-state index in [9.17, 15) is 18.0 Å². The summed E-state index contributed by atoms with van der Waals surface area (Å²) in [6, 6.07) is 14.2. The molecule has 2 aliphatic rings. The Morgan fingerprint density at radius 1 is 1.03 bits per heavy atom. The second kappa shape index (κ2) is 10.6. The van der Waals surface area contributed by atoms with E-state index < -0.39 is 10.0 Å². The summed E-state index contributed by atoms with van der Waals surface area (Å²) in [4.78, 5) is 26.9. The largest absolute Gasteiger partial charge is 0.497 e. The number of carbonyl (C=O) groups is 2. The SMILES string of the molecule is COc1ccc(S(=O)(=O)N2CCC(C(=O)NCc3ccccc3CN3CCCC3=O)CC2)cc1. The van der Waals surface area contributed by atoms with Crippen LogP contribution in [0, 0.1) is 5.92 Å². The van der Waals surface area contributed by atoms with Crippen LogP contribution in [-0.4, -0.2) is 56.2 Å². The number of hydrogen-bond donors (Lipinski definition) is 1. The second-order valence-electron chi connectivity index (χ2n) is 8.76. The van der Waals surface area contributed by atoms with Crippen molar-refractivity contribution in [1.29, 1.82) is 0 Å². The van der Waals surface area contributed by atoms with Crippen molar-refractivity contribution in [1.82, 2.24) is 14.5 Å². The van der Waals surface area contributed by atoms with Gasteiger partial charge in [0.2, 0.25) is 21.8 Å². The fourth-order valence-electron chi connectivity index (χ4n) is 4.54. The van der Waals surface area contributed by atoms with E-state index in [2.05, 4.69) is 5.32 Å². The lowest BCUT2D eigenvalue weighted by atomic mass is 9.97. The average Bonchev–Trinajstić information content (AvgIpc) is 3.27. The lowest BCUT2D eigenvalue weighted by Gasteiger charge is -2.30. The van der Waals surface area contributed by atoms with E-state index in [-0.39, 0.29) is 22.6 Å². The first-order valence-corrected chi connectivity index (χ1v) is 13.1. The molecule has 2 aliphatic heterocycles. The predicted octanol–water partition coefficient (Wildman–Crippen LogP) is 2.53. The van der Waals surface area contributed by atoms with Gasteiger partial charge < -0.3 is 15.0 Å². The Labute approximate surface area is 200 Å². The van der Waals surface area contributed by atoms with E-state index in [0.717, 1.165) is 24.1 Å². The van der Waals surface area contributed by atoms with Crippen molar-refractivity contribution in [3.8, 4) is 5.75 Å². The minimum absolute atomic E-state index is 0.0615. The first-order chi connectivity index (χ1) is 16.4. The summed E-state index contributed by atoms with van der Waals surface area (Å²) in [7, 11) is -2.07. The Morgan fingerprint density at radius 3 is 2.32 bits per heavy atom. The number of likely N-dealkylation sites (tertiary alicyclic amines) is 1. The predicted molar refractivity (Wildman–Crippen MR) is 127 cm³/mol. The maximum absolute atomic E-state index is 12.9. The number of ether oxygens (including phenoxy) is 1. The summed E-state index contributed by atoms with van der Waals surface area (Å²) in [6.07, 6.45) is 2.45. The van der Waals surface area contributed by atoms with Crippen LogP contribution in [0.25, 0.3) is 0 Å². The summed E-state index contributed by atoms with van der Waals surface area (Å²) in [5.41, 5.74) is 2.04. The number of rotatable bonds is 8. The van der Waals surface area contributed by atoms with Crippen molar-refractivity contribution in [2.75, 3.05) is 26.7 Å². The van der Waals surface area contributed by atoms with Crippen LogP contribution >= 0.6 is 0 Å². The molecule has 0 bridgehead atoms. The van der Waals surface area contributed by atoms with E-state index in [1.165, 1.54) is 11.4 Å². The van der Waals surface area contributed by atoms with E-state index >= 15 is 0 Å². The molecule has 0 saturated carbocycles. The summed E-state index contributed by atoms with van der Waals surface area (Å²) in [5.74, 6) is 0.487. The van der Waals surface area contributed by atoms with Crippen molar-refractivity contribution in [2.45, 2.75) is 43.7 Å². The van der Waals surface area contributed by atoms with E-state index in [1.807, 2.05) is 29.2 Å². The molecular weight excluding hydrogens is 454 g/mol. The highest BCUT2D eigenvalue weighted by molar-refractivity contribution is 7.89. The Morgan fingerprint density at radius 2 is 1.71 bits per heavy atom. The monoisotopic (exact) mass is 485 g/mol. The van der Waals surface area contributed by atoms with E-state index in [0.29, 0.717) is 51.2 Å². The topological polar surface area (TPSA) is 96.0 Å². The Bertz CT molecular complexity index is 1130. The summed E-state index contributed by atoms with van der Waals surface area (Å²) in [5, 5.41) is 3.02. The van der Waals surface area contributed by atoms with Gasteiger partial charge in [-0.15, -0.1) is 0 Å². The zero-order valence-electron chi connectivity index (χ0n) is 19.4. The molecule has 182 valence electrons. The molecular formula is C25H31N3O5S. The highest BCUT2D eigenvalue weighted by atomic mass is 32.2. The molecule has 0 spiro atoms. The molecule has 2 heterocycles. The number of hydrogen-bond acceptors (Lipinski definition) is 5. The van der Waals surface area contributed by atoms with Crippen molar-refractivity contribution < 1.29 is 22.7 Å². The minimum Gasteiger partial charge on any atom is -0.497 e. The maximum Gasteiger partial charge on any atom is 0.243 e. The second-order valence-corrected chi connectivity index (χ2v) is 10.7. The lowest BCUT2D eigenvalue weighted by Crippen LogP contribution is -2.42. The van der Waals surface area contributed by atoms with E-state index in [1.54, 1.807) is 24.3 Å². The molecule has 34 heavy (non-hydrogen) atoms. The van der Waals surface area contributed by atoms with Crippen LogP contribution < -0.4 is 10.1 Å². The number of carbonyl (C=O) groups excluding carboxylic acids is 2. The molecule has 1 N–H and O–H groups in total.